The first-order chi connectivity index (χ1) is 16.6. The van der Waals surface area contributed by atoms with Crippen LogP contribution in [0.25, 0.3) is 10.2 Å². The summed E-state index contributed by atoms with van der Waals surface area (Å²) < 4.78 is 23.9. The maximum absolute atomic E-state index is 13.7. The van der Waals surface area contributed by atoms with Gasteiger partial charge in [-0.25, -0.2) is 4.98 Å². The van der Waals surface area contributed by atoms with E-state index in [0.717, 1.165) is 55.0 Å². The van der Waals surface area contributed by atoms with Crippen LogP contribution in [0, 0.1) is 6.92 Å². The van der Waals surface area contributed by atoms with Crippen molar-refractivity contribution in [2.75, 3.05) is 58.0 Å². The van der Waals surface area contributed by atoms with Crippen LogP contribution in [0.15, 0.2) is 36.4 Å². The van der Waals surface area contributed by atoms with E-state index in [-0.39, 0.29) is 12.5 Å². The number of rotatable bonds is 7. The minimum absolute atomic E-state index is 0.146. The van der Waals surface area contributed by atoms with E-state index in [4.69, 9.17) is 23.9 Å². The number of carbonyl (C=O) groups excluding carboxylic acids is 1. The maximum Gasteiger partial charge on any atom is 0.273 e. The van der Waals surface area contributed by atoms with Crippen molar-refractivity contribution in [3.05, 3.63) is 42.0 Å². The third kappa shape index (κ3) is 4.68. The summed E-state index contributed by atoms with van der Waals surface area (Å²) in [5, 5.41) is 0.650. The zero-order valence-electron chi connectivity index (χ0n) is 19.5. The number of fused-ring (bicyclic) bond motifs is 2. The quantitative estimate of drug-likeness (QED) is 0.509. The molecule has 1 fully saturated rings. The van der Waals surface area contributed by atoms with Crippen molar-refractivity contribution in [3.63, 3.8) is 0 Å². The Morgan fingerprint density at radius 2 is 2.00 bits per heavy atom. The van der Waals surface area contributed by atoms with E-state index >= 15 is 0 Å². The second-order valence-electron chi connectivity index (χ2n) is 8.42. The lowest BCUT2D eigenvalue weighted by Gasteiger charge is -2.31. The molecule has 0 spiro atoms. The van der Waals surface area contributed by atoms with E-state index in [0.29, 0.717) is 28.9 Å². The molecule has 0 aliphatic carbocycles. The SMILES string of the molecule is COc1ccc(C)c2sc(N(CCCN3CCOCC3)C(=O)C3COc4ccccc4O3)nc12. The van der Waals surface area contributed by atoms with Crippen molar-refractivity contribution >= 4 is 32.6 Å². The summed E-state index contributed by atoms with van der Waals surface area (Å²) in [6.45, 7) is 7.00. The summed E-state index contributed by atoms with van der Waals surface area (Å²) in [5.41, 5.74) is 1.88. The molecule has 1 aromatic heterocycles. The van der Waals surface area contributed by atoms with E-state index in [2.05, 4.69) is 4.90 Å². The molecule has 0 radical (unpaired) electrons. The van der Waals surface area contributed by atoms with Gasteiger partial charge >= 0.3 is 0 Å². The molecule has 2 aliphatic rings. The van der Waals surface area contributed by atoms with Gasteiger partial charge in [-0.15, -0.1) is 0 Å². The van der Waals surface area contributed by atoms with E-state index in [1.165, 1.54) is 11.3 Å². The highest BCUT2D eigenvalue weighted by molar-refractivity contribution is 7.22. The van der Waals surface area contributed by atoms with Crippen LogP contribution >= 0.6 is 11.3 Å². The Morgan fingerprint density at radius 1 is 1.21 bits per heavy atom. The van der Waals surface area contributed by atoms with Crippen LogP contribution in [0.1, 0.15) is 12.0 Å². The second kappa shape index (κ2) is 10.2. The lowest BCUT2D eigenvalue weighted by atomic mass is 10.2. The molecular weight excluding hydrogens is 454 g/mol. The van der Waals surface area contributed by atoms with E-state index in [1.807, 2.05) is 43.3 Å². The first-order valence-electron chi connectivity index (χ1n) is 11.6. The molecular formula is C25H29N3O5S. The highest BCUT2D eigenvalue weighted by Crippen LogP contribution is 2.37. The fourth-order valence-electron chi connectivity index (χ4n) is 4.27. The van der Waals surface area contributed by atoms with Crippen LogP contribution in [-0.4, -0.2) is 75.0 Å². The average molecular weight is 484 g/mol. The Labute approximate surface area is 203 Å². The number of hydrogen-bond donors (Lipinski definition) is 0. The van der Waals surface area contributed by atoms with Crippen LogP contribution in [-0.2, 0) is 9.53 Å². The molecule has 2 aliphatic heterocycles. The molecule has 2 aromatic carbocycles. The number of para-hydroxylation sites is 2. The van der Waals surface area contributed by atoms with Gasteiger partial charge in [-0.2, -0.15) is 0 Å². The van der Waals surface area contributed by atoms with Gasteiger partial charge in [-0.1, -0.05) is 29.5 Å². The fraction of sp³-hybridized carbons (Fsp3) is 0.440. The Bertz CT molecular complexity index is 1160. The van der Waals surface area contributed by atoms with Gasteiger partial charge in [0.2, 0.25) is 6.10 Å². The number of amides is 1. The summed E-state index contributed by atoms with van der Waals surface area (Å²) >= 11 is 1.51. The molecule has 180 valence electrons. The van der Waals surface area contributed by atoms with Crippen LogP contribution in [0.4, 0.5) is 5.13 Å². The smallest absolute Gasteiger partial charge is 0.273 e. The topological polar surface area (TPSA) is 73.4 Å². The molecule has 3 heterocycles. The molecule has 0 saturated carbocycles. The summed E-state index contributed by atoms with van der Waals surface area (Å²) in [5.74, 6) is 1.80. The highest BCUT2D eigenvalue weighted by atomic mass is 32.1. The van der Waals surface area contributed by atoms with Gasteiger partial charge in [0.25, 0.3) is 5.91 Å². The van der Waals surface area contributed by atoms with E-state index < -0.39 is 6.10 Å². The molecule has 1 amide bonds. The number of methoxy groups -OCH3 is 1. The van der Waals surface area contributed by atoms with Crippen LogP contribution in [0.3, 0.4) is 0 Å². The number of thiazole rings is 1. The van der Waals surface area contributed by atoms with Crippen molar-refractivity contribution < 1.29 is 23.7 Å². The van der Waals surface area contributed by atoms with Gasteiger partial charge in [0.15, 0.2) is 16.6 Å². The van der Waals surface area contributed by atoms with Gasteiger partial charge in [0.1, 0.15) is 17.9 Å². The van der Waals surface area contributed by atoms with Gasteiger partial charge in [-0.05, 0) is 37.1 Å². The lowest BCUT2D eigenvalue weighted by Crippen LogP contribution is -2.47. The summed E-state index contributed by atoms with van der Waals surface area (Å²) in [6, 6.07) is 11.4. The monoisotopic (exact) mass is 483 g/mol. The zero-order chi connectivity index (χ0) is 23.5. The molecule has 1 atom stereocenters. The fourth-order valence-corrected chi connectivity index (χ4v) is 5.35. The van der Waals surface area contributed by atoms with E-state index in [1.54, 1.807) is 12.0 Å². The van der Waals surface area contributed by atoms with Crippen molar-refractivity contribution in [2.24, 2.45) is 0 Å². The van der Waals surface area contributed by atoms with Crippen LogP contribution < -0.4 is 19.1 Å². The van der Waals surface area contributed by atoms with Gasteiger partial charge in [0, 0.05) is 26.2 Å². The molecule has 0 bridgehead atoms. The predicted octanol–water partition coefficient (Wildman–Crippen LogP) is 3.51. The Morgan fingerprint density at radius 3 is 2.79 bits per heavy atom. The average Bonchev–Trinajstić information content (AvgIpc) is 3.33. The van der Waals surface area contributed by atoms with E-state index in [9.17, 15) is 4.79 Å². The molecule has 1 saturated heterocycles. The maximum atomic E-state index is 13.7. The Kier molecular flexibility index (Phi) is 6.85. The summed E-state index contributed by atoms with van der Waals surface area (Å²) in [7, 11) is 1.64. The Hall–Kier alpha value is -2.88. The summed E-state index contributed by atoms with van der Waals surface area (Å²) in [6.07, 6.45) is 0.0929. The molecule has 5 rings (SSSR count). The van der Waals surface area contributed by atoms with Crippen LogP contribution in [0.5, 0.6) is 17.2 Å². The number of morpholine rings is 1. The van der Waals surface area contributed by atoms with Crippen LogP contribution in [0.2, 0.25) is 0 Å². The molecule has 8 nitrogen and oxygen atoms in total. The van der Waals surface area contributed by atoms with Crippen molar-refractivity contribution in [1.82, 2.24) is 9.88 Å². The molecule has 34 heavy (non-hydrogen) atoms. The summed E-state index contributed by atoms with van der Waals surface area (Å²) in [4.78, 5) is 22.7. The number of aromatic nitrogens is 1. The predicted molar refractivity (Wildman–Crippen MR) is 131 cm³/mol. The molecule has 9 heteroatoms. The first kappa shape index (κ1) is 22.9. The normalized spacial score (nSPS) is 18.1. The standard InChI is InChI=1S/C25H29N3O5S/c1-17-8-9-20(30-2)22-23(17)34-25(26-22)28(11-5-10-27-12-14-31-15-13-27)24(29)21-16-32-18-6-3-4-7-19(18)33-21/h3-4,6-9,21H,5,10-16H2,1-2H3. The second-order valence-corrected chi connectivity index (χ2v) is 9.40. The molecule has 3 aromatic rings. The number of anilines is 1. The van der Waals surface area contributed by atoms with Gasteiger partial charge in [0.05, 0.1) is 25.0 Å². The third-order valence-corrected chi connectivity index (χ3v) is 7.37. The number of ether oxygens (including phenoxy) is 4. The zero-order valence-corrected chi connectivity index (χ0v) is 20.3. The number of hydrogen-bond acceptors (Lipinski definition) is 8. The van der Waals surface area contributed by atoms with Crippen molar-refractivity contribution in [3.8, 4) is 17.2 Å². The third-order valence-electron chi connectivity index (χ3n) is 6.15. The first-order valence-corrected chi connectivity index (χ1v) is 12.4. The Balaban J connectivity index is 1.40. The minimum atomic E-state index is -0.728. The van der Waals surface area contributed by atoms with Gasteiger partial charge in [-0.3, -0.25) is 14.6 Å². The number of aryl methyl sites for hydroxylation is 1. The highest BCUT2D eigenvalue weighted by Gasteiger charge is 2.33. The largest absolute Gasteiger partial charge is 0.494 e. The minimum Gasteiger partial charge on any atom is -0.494 e. The van der Waals surface area contributed by atoms with Crippen molar-refractivity contribution in [1.29, 1.82) is 0 Å². The lowest BCUT2D eigenvalue weighted by molar-refractivity contribution is -0.127. The van der Waals surface area contributed by atoms with Crippen molar-refractivity contribution in [2.45, 2.75) is 19.4 Å². The number of carbonyl (C=O) groups is 1. The number of nitrogens with zero attached hydrogens (tertiary/aromatic N) is 3. The molecule has 0 N–H and O–H groups in total. The van der Waals surface area contributed by atoms with Gasteiger partial charge < -0.3 is 18.9 Å². The number of benzene rings is 2. The molecule has 1 unspecified atom stereocenters.